The van der Waals surface area contributed by atoms with Gasteiger partial charge < -0.3 is 0 Å². The van der Waals surface area contributed by atoms with Crippen molar-refractivity contribution in [3.8, 4) is 89.5 Å². The van der Waals surface area contributed by atoms with Crippen molar-refractivity contribution in [3.05, 3.63) is 217 Å². The second-order valence-electron chi connectivity index (χ2n) is 16.5. The molecule has 1 saturated carbocycles. The number of nitrogens with zero attached hydrogens (tertiary/aromatic N) is 2. The molecule has 0 unspecified atom stereocenters. The van der Waals surface area contributed by atoms with Crippen LogP contribution >= 0.6 is 0 Å². The van der Waals surface area contributed by atoms with Crippen LogP contribution < -0.4 is 0 Å². The van der Waals surface area contributed by atoms with E-state index in [0.29, 0.717) is 5.82 Å². The van der Waals surface area contributed by atoms with Crippen LogP contribution in [-0.4, -0.2) is 9.97 Å². The summed E-state index contributed by atoms with van der Waals surface area (Å²) >= 11 is 0. The molecular weight excluding hydrogens is 725 g/mol. The Morgan fingerprint density at radius 1 is 0.283 bits per heavy atom. The van der Waals surface area contributed by atoms with Crippen molar-refractivity contribution in [2.45, 2.75) is 37.5 Å². The standard InChI is InChI=1S/C58H44N2/c1-4-14-40(15-5-1)41-24-28-44(29-25-41)56-39-55(43-16-6-2-7-17-43)59-57(60-56)45-30-26-42(27-31-45)46-18-12-19-47(36-46)48-20-13-21-49(37-48)50-32-33-52-51-22-8-9-23-53(51)58(54(52)38-50)34-10-3-11-35-58/h1-2,4-9,12-33,36-39H,3,10-11,34-35H2. The molecule has 1 heterocycles. The minimum atomic E-state index is 0.149. The highest BCUT2D eigenvalue weighted by atomic mass is 14.9. The van der Waals surface area contributed by atoms with E-state index >= 15 is 0 Å². The number of hydrogen-bond donors (Lipinski definition) is 0. The lowest BCUT2D eigenvalue weighted by Crippen LogP contribution is -2.28. The average Bonchev–Trinajstić information content (AvgIpc) is 3.60. The molecule has 1 spiro atoms. The zero-order valence-corrected chi connectivity index (χ0v) is 33.6. The topological polar surface area (TPSA) is 25.8 Å². The molecule has 2 aliphatic carbocycles. The van der Waals surface area contributed by atoms with Crippen LogP contribution in [0.5, 0.6) is 0 Å². The molecule has 286 valence electrons. The number of fused-ring (bicyclic) bond motifs is 5. The molecule has 2 aliphatic rings. The van der Waals surface area contributed by atoms with Crippen molar-refractivity contribution in [2.75, 3.05) is 0 Å². The van der Waals surface area contributed by atoms with Crippen LogP contribution in [0.1, 0.15) is 43.2 Å². The molecule has 0 amide bonds. The van der Waals surface area contributed by atoms with Crippen molar-refractivity contribution >= 4 is 0 Å². The zero-order chi connectivity index (χ0) is 39.9. The first-order valence-corrected chi connectivity index (χ1v) is 21.4. The molecule has 0 atom stereocenters. The van der Waals surface area contributed by atoms with E-state index in [-0.39, 0.29) is 5.41 Å². The summed E-state index contributed by atoms with van der Waals surface area (Å²) in [5.41, 5.74) is 20.7. The summed E-state index contributed by atoms with van der Waals surface area (Å²) in [6.45, 7) is 0. The Labute approximate surface area is 353 Å². The van der Waals surface area contributed by atoms with Gasteiger partial charge in [-0.1, -0.05) is 201 Å². The van der Waals surface area contributed by atoms with Crippen molar-refractivity contribution in [1.82, 2.24) is 9.97 Å². The van der Waals surface area contributed by atoms with Gasteiger partial charge in [0.15, 0.2) is 5.82 Å². The lowest BCUT2D eigenvalue weighted by Gasteiger charge is -2.36. The van der Waals surface area contributed by atoms with Gasteiger partial charge in [0.1, 0.15) is 0 Å². The summed E-state index contributed by atoms with van der Waals surface area (Å²) in [5.74, 6) is 0.709. The van der Waals surface area contributed by atoms with E-state index in [4.69, 9.17) is 9.97 Å². The third-order valence-corrected chi connectivity index (χ3v) is 12.9. The van der Waals surface area contributed by atoms with Crippen molar-refractivity contribution in [1.29, 1.82) is 0 Å². The van der Waals surface area contributed by atoms with Crippen LogP contribution in [0.3, 0.4) is 0 Å². The first-order chi connectivity index (χ1) is 29.7. The Kier molecular flexibility index (Phi) is 9.12. The van der Waals surface area contributed by atoms with E-state index in [9.17, 15) is 0 Å². The van der Waals surface area contributed by atoms with Gasteiger partial charge in [0.05, 0.1) is 11.4 Å². The van der Waals surface area contributed by atoms with Crippen LogP contribution in [0.25, 0.3) is 89.5 Å². The van der Waals surface area contributed by atoms with Crippen LogP contribution in [0.4, 0.5) is 0 Å². The van der Waals surface area contributed by atoms with Crippen LogP contribution in [0.2, 0.25) is 0 Å². The first kappa shape index (κ1) is 36.0. The highest BCUT2D eigenvalue weighted by Gasteiger charge is 2.43. The molecule has 2 heteroatoms. The van der Waals surface area contributed by atoms with Crippen LogP contribution in [-0.2, 0) is 5.41 Å². The molecule has 0 radical (unpaired) electrons. The smallest absolute Gasteiger partial charge is 0.160 e. The van der Waals surface area contributed by atoms with E-state index in [0.717, 1.165) is 33.6 Å². The molecule has 0 N–H and O–H groups in total. The van der Waals surface area contributed by atoms with Gasteiger partial charge in [-0.15, -0.1) is 0 Å². The Bertz CT molecular complexity index is 2980. The van der Waals surface area contributed by atoms with Crippen molar-refractivity contribution in [2.24, 2.45) is 0 Å². The second-order valence-corrected chi connectivity index (χ2v) is 16.5. The Morgan fingerprint density at radius 3 is 1.33 bits per heavy atom. The molecule has 0 aliphatic heterocycles. The number of aromatic nitrogens is 2. The van der Waals surface area contributed by atoms with Crippen molar-refractivity contribution in [3.63, 3.8) is 0 Å². The summed E-state index contributed by atoms with van der Waals surface area (Å²) in [6, 6.07) is 74.7. The number of rotatable bonds is 7. The third-order valence-electron chi connectivity index (χ3n) is 12.9. The Hall–Kier alpha value is -7.16. The first-order valence-electron chi connectivity index (χ1n) is 21.4. The lowest BCUT2D eigenvalue weighted by atomic mass is 9.67. The molecule has 0 saturated heterocycles. The largest absolute Gasteiger partial charge is 0.228 e. The summed E-state index contributed by atoms with van der Waals surface area (Å²) < 4.78 is 0. The molecular formula is C58H44N2. The molecule has 0 bridgehead atoms. The van der Waals surface area contributed by atoms with Crippen LogP contribution in [0, 0.1) is 0 Å². The molecule has 11 rings (SSSR count). The van der Waals surface area contributed by atoms with Crippen molar-refractivity contribution < 1.29 is 0 Å². The summed E-state index contributed by atoms with van der Waals surface area (Å²) in [5, 5.41) is 0. The monoisotopic (exact) mass is 768 g/mol. The molecule has 9 aromatic rings. The van der Waals surface area contributed by atoms with E-state index in [1.54, 1.807) is 5.56 Å². The molecule has 1 fully saturated rings. The van der Waals surface area contributed by atoms with E-state index in [1.807, 2.05) is 12.1 Å². The van der Waals surface area contributed by atoms with E-state index in [1.165, 1.54) is 87.7 Å². The SMILES string of the molecule is c1ccc(-c2ccc(-c3cc(-c4ccccc4)nc(-c4ccc(-c5cccc(-c6cccc(-c7ccc8c(c7)C7(CCCCC7)c7ccccc7-8)c6)c5)cc4)n3)cc2)cc1. The molecule has 8 aromatic carbocycles. The maximum Gasteiger partial charge on any atom is 0.160 e. The predicted molar refractivity (Wildman–Crippen MR) is 249 cm³/mol. The number of hydrogen-bond acceptors (Lipinski definition) is 2. The zero-order valence-electron chi connectivity index (χ0n) is 33.6. The van der Waals surface area contributed by atoms with Gasteiger partial charge in [0.2, 0.25) is 0 Å². The third kappa shape index (κ3) is 6.55. The Morgan fingerprint density at radius 2 is 0.700 bits per heavy atom. The van der Waals surface area contributed by atoms with Gasteiger partial charge in [-0.25, -0.2) is 9.97 Å². The maximum absolute atomic E-state index is 5.13. The highest BCUT2D eigenvalue weighted by molar-refractivity contribution is 5.85. The van der Waals surface area contributed by atoms with E-state index in [2.05, 4.69) is 194 Å². The average molecular weight is 769 g/mol. The minimum Gasteiger partial charge on any atom is -0.228 e. The number of benzene rings is 8. The highest BCUT2D eigenvalue weighted by Crippen LogP contribution is 2.56. The predicted octanol–water partition coefficient (Wildman–Crippen LogP) is 15.4. The van der Waals surface area contributed by atoms with Crippen LogP contribution in [0.15, 0.2) is 206 Å². The van der Waals surface area contributed by atoms with Gasteiger partial charge in [-0.2, -0.15) is 0 Å². The molecule has 1 aromatic heterocycles. The minimum absolute atomic E-state index is 0.149. The van der Waals surface area contributed by atoms with Gasteiger partial charge >= 0.3 is 0 Å². The quantitative estimate of drug-likeness (QED) is 0.161. The summed E-state index contributed by atoms with van der Waals surface area (Å²) in [4.78, 5) is 10.2. The fourth-order valence-electron chi connectivity index (χ4n) is 9.84. The van der Waals surface area contributed by atoms with E-state index < -0.39 is 0 Å². The fourth-order valence-corrected chi connectivity index (χ4v) is 9.84. The second kappa shape index (κ2) is 15.2. The summed E-state index contributed by atoms with van der Waals surface area (Å²) in [7, 11) is 0. The van der Waals surface area contributed by atoms with Gasteiger partial charge in [-0.05, 0) is 104 Å². The molecule has 60 heavy (non-hydrogen) atoms. The van der Waals surface area contributed by atoms with Gasteiger partial charge in [0.25, 0.3) is 0 Å². The Balaban J connectivity index is 0.891. The normalized spacial score (nSPS) is 13.8. The maximum atomic E-state index is 5.13. The summed E-state index contributed by atoms with van der Waals surface area (Å²) in [6.07, 6.45) is 6.42. The van der Waals surface area contributed by atoms with Gasteiger partial charge in [-0.3, -0.25) is 0 Å². The lowest BCUT2D eigenvalue weighted by molar-refractivity contribution is 0.353. The fraction of sp³-hybridized carbons (Fsp3) is 0.103. The van der Waals surface area contributed by atoms with Gasteiger partial charge in [0, 0.05) is 22.1 Å². The molecule has 2 nitrogen and oxygen atoms in total.